The summed E-state index contributed by atoms with van der Waals surface area (Å²) in [7, 11) is 1.80. The summed E-state index contributed by atoms with van der Waals surface area (Å²) >= 11 is 0. The predicted octanol–water partition coefficient (Wildman–Crippen LogP) is 0.575. The van der Waals surface area contributed by atoms with Crippen molar-refractivity contribution in [3.05, 3.63) is 41.7 Å². The Bertz CT molecular complexity index is 1570. The Hall–Kier alpha value is -5.61. The van der Waals surface area contributed by atoms with Gasteiger partial charge in [-0.25, -0.2) is 19.6 Å². The zero-order valence-electron chi connectivity index (χ0n) is 25.7. The summed E-state index contributed by atoms with van der Waals surface area (Å²) in [6.07, 6.45) is 0.787. The molecule has 3 rings (SSSR count). The Morgan fingerprint density at radius 1 is 0.913 bits per heavy atom. The van der Waals surface area contributed by atoms with E-state index in [2.05, 4.69) is 30.6 Å². The van der Waals surface area contributed by atoms with Crippen LogP contribution in [0.25, 0.3) is 11.2 Å². The number of nitrogens with zero attached hydrogens (tertiary/aromatic N) is 5. The van der Waals surface area contributed by atoms with Gasteiger partial charge in [-0.3, -0.25) is 14.4 Å². The summed E-state index contributed by atoms with van der Waals surface area (Å²) in [5.74, 6) is -3.80. The van der Waals surface area contributed by atoms with Crippen LogP contribution in [0.15, 0.2) is 30.5 Å². The van der Waals surface area contributed by atoms with Gasteiger partial charge in [-0.15, -0.1) is 0 Å². The third-order valence-corrected chi connectivity index (χ3v) is 6.58. The number of carbonyl (C=O) groups excluding carboxylic acids is 4. The second kappa shape index (κ2) is 16.5. The van der Waals surface area contributed by atoms with E-state index in [0.717, 1.165) is 5.69 Å². The summed E-state index contributed by atoms with van der Waals surface area (Å²) in [4.78, 5) is 79.7. The van der Waals surface area contributed by atoms with Gasteiger partial charge in [0, 0.05) is 31.1 Å². The second-order valence-corrected chi connectivity index (χ2v) is 10.0. The van der Waals surface area contributed by atoms with Gasteiger partial charge in [0.1, 0.15) is 12.1 Å². The molecule has 2 aromatic heterocycles. The fourth-order valence-electron chi connectivity index (χ4n) is 4.29. The molecule has 0 spiro atoms. The van der Waals surface area contributed by atoms with Gasteiger partial charge in [-0.2, -0.15) is 9.97 Å². The van der Waals surface area contributed by atoms with E-state index in [1.165, 1.54) is 12.1 Å². The van der Waals surface area contributed by atoms with E-state index in [1.807, 2.05) is 4.90 Å². The van der Waals surface area contributed by atoms with Crippen molar-refractivity contribution in [3.63, 3.8) is 0 Å². The van der Waals surface area contributed by atoms with Crippen LogP contribution in [0, 0.1) is 0 Å². The van der Waals surface area contributed by atoms with E-state index in [4.69, 9.17) is 20.9 Å². The minimum atomic E-state index is -1.39. The van der Waals surface area contributed by atoms with Crippen molar-refractivity contribution in [2.24, 2.45) is 0 Å². The van der Waals surface area contributed by atoms with Gasteiger partial charge in [-0.1, -0.05) is 0 Å². The molecule has 17 heteroatoms. The maximum absolute atomic E-state index is 12.9. The molecule has 3 aromatic rings. The Labute approximate surface area is 264 Å². The molecule has 0 aliphatic heterocycles. The highest BCUT2D eigenvalue weighted by Crippen LogP contribution is 2.19. The summed E-state index contributed by atoms with van der Waals surface area (Å²) in [5.41, 5.74) is 13.6. The third-order valence-electron chi connectivity index (χ3n) is 6.58. The molecule has 0 fully saturated rings. The average molecular weight is 640 g/mol. The molecular weight excluding hydrogens is 602 g/mol. The number of carboxylic acids is 1. The van der Waals surface area contributed by atoms with Crippen LogP contribution >= 0.6 is 0 Å². The number of aromatic nitrogens is 4. The van der Waals surface area contributed by atoms with Crippen LogP contribution in [-0.4, -0.2) is 87.1 Å². The lowest BCUT2D eigenvalue weighted by atomic mass is 10.1. The highest BCUT2D eigenvalue weighted by atomic mass is 16.5. The smallest absolute Gasteiger partial charge is 0.328 e. The Morgan fingerprint density at radius 2 is 1.59 bits per heavy atom. The molecule has 0 radical (unpaired) electrons. The predicted molar refractivity (Wildman–Crippen MR) is 165 cm³/mol. The SMILES string of the molecule is CCOC(=O)CC[C@H](NC(=O)CC[C@H](NC(=O)c1ccc(N(C)Cc2cnc3nc(N)nc(N)c3n2)cc1)C(=O)O)C(=O)OCC. The van der Waals surface area contributed by atoms with E-state index in [0.29, 0.717) is 17.8 Å². The maximum atomic E-state index is 12.9. The number of fused-ring (bicyclic) bond motifs is 1. The van der Waals surface area contributed by atoms with Crippen molar-refractivity contribution >= 4 is 58.3 Å². The molecule has 2 heterocycles. The van der Waals surface area contributed by atoms with Crippen LogP contribution in [0.1, 0.15) is 55.6 Å². The van der Waals surface area contributed by atoms with Crippen molar-refractivity contribution in [2.45, 2.75) is 58.2 Å². The van der Waals surface area contributed by atoms with Crippen molar-refractivity contribution in [2.75, 3.05) is 36.6 Å². The summed E-state index contributed by atoms with van der Waals surface area (Å²) in [6.45, 7) is 3.81. The number of hydrogen-bond donors (Lipinski definition) is 5. The van der Waals surface area contributed by atoms with Crippen molar-refractivity contribution in [1.82, 2.24) is 30.6 Å². The van der Waals surface area contributed by atoms with E-state index in [-0.39, 0.29) is 61.9 Å². The van der Waals surface area contributed by atoms with Crippen LogP contribution in [0.5, 0.6) is 0 Å². The number of nitrogen functional groups attached to an aromatic ring is 2. The van der Waals surface area contributed by atoms with Gasteiger partial charge in [0.15, 0.2) is 17.0 Å². The molecule has 7 N–H and O–H groups in total. The largest absolute Gasteiger partial charge is 0.480 e. The number of esters is 2. The summed E-state index contributed by atoms with van der Waals surface area (Å²) in [5, 5.41) is 14.5. The van der Waals surface area contributed by atoms with Crippen LogP contribution < -0.4 is 27.0 Å². The molecule has 17 nitrogen and oxygen atoms in total. The van der Waals surface area contributed by atoms with E-state index in [1.54, 1.807) is 39.2 Å². The van der Waals surface area contributed by atoms with Gasteiger partial charge >= 0.3 is 17.9 Å². The minimum Gasteiger partial charge on any atom is -0.480 e. The van der Waals surface area contributed by atoms with Crippen LogP contribution in [0.2, 0.25) is 0 Å². The number of nitrogens with one attached hydrogen (secondary N) is 2. The van der Waals surface area contributed by atoms with Gasteiger partial charge in [0.2, 0.25) is 11.9 Å². The Kier molecular flexibility index (Phi) is 12.5. The van der Waals surface area contributed by atoms with Gasteiger partial charge < -0.3 is 41.6 Å². The molecule has 1 aromatic carbocycles. The lowest BCUT2D eigenvalue weighted by Crippen LogP contribution is -2.44. The first-order valence-electron chi connectivity index (χ1n) is 14.4. The number of amides is 2. The number of ether oxygens (including phenoxy) is 2. The first-order valence-corrected chi connectivity index (χ1v) is 14.4. The highest BCUT2D eigenvalue weighted by Gasteiger charge is 2.26. The minimum absolute atomic E-state index is 0.00273. The van der Waals surface area contributed by atoms with Gasteiger partial charge in [0.25, 0.3) is 5.91 Å². The van der Waals surface area contributed by atoms with E-state index < -0.39 is 41.8 Å². The summed E-state index contributed by atoms with van der Waals surface area (Å²) in [6, 6.07) is 3.90. The quantitative estimate of drug-likeness (QED) is 0.134. The van der Waals surface area contributed by atoms with Crippen LogP contribution in [0.3, 0.4) is 0 Å². The molecule has 0 saturated carbocycles. The maximum Gasteiger partial charge on any atom is 0.328 e. The molecule has 2 amide bonds. The van der Waals surface area contributed by atoms with Crippen LogP contribution in [-0.2, 0) is 35.2 Å². The first-order chi connectivity index (χ1) is 21.9. The lowest BCUT2D eigenvalue weighted by Gasteiger charge is -2.20. The standard InChI is InChI=1S/C29H37N9O8/c1-4-45-22(40)13-11-20(28(44)46-5-2)34-21(39)12-10-19(27(42)43)35-26(41)16-6-8-18(9-7-16)38(3)15-17-14-32-25-23(33-17)24(30)36-29(31)37-25/h6-9,14,19-20H,4-5,10-13,15H2,1-3H3,(H,34,39)(H,35,41)(H,42,43)(H4,30,31,32,36,37)/t19-,20-/m0/s1. The molecule has 0 saturated heterocycles. The zero-order chi connectivity index (χ0) is 33.8. The summed E-state index contributed by atoms with van der Waals surface area (Å²) < 4.78 is 9.81. The van der Waals surface area contributed by atoms with Crippen molar-refractivity contribution in [1.29, 1.82) is 0 Å². The normalized spacial score (nSPS) is 12.1. The topological polar surface area (TPSA) is 255 Å². The first kappa shape index (κ1) is 34.9. The number of hydrogen-bond acceptors (Lipinski definition) is 14. The molecule has 0 unspecified atom stereocenters. The fraction of sp³-hybridized carbons (Fsp3) is 0.414. The molecule has 0 aliphatic rings. The highest BCUT2D eigenvalue weighted by molar-refractivity contribution is 5.97. The van der Waals surface area contributed by atoms with E-state index in [9.17, 15) is 29.1 Å². The number of anilines is 3. The number of rotatable bonds is 16. The number of carboxylic acid groups (broad SMARTS) is 1. The number of carbonyl (C=O) groups is 5. The average Bonchev–Trinajstić information content (AvgIpc) is 3.01. The molecule has 0 aliphatic carbocycles. The zero-order valence-corrected chi connectivity index (χ0v) is 25.7. The van der Waals surface area contributed by atoms with Gasteiger partial charge in [-0.05, 0) is 51.0 Å². The van der Waals surface area contributed by atoms with Crippen molar-refractivity contribution in [3.8, 4) is 0 Å². The number of aliphatic carboxylic acids is 1. The third kappa shape index (κ3) is 9.96. The number of nitrogens with two attached hydrogens (primary N) is 2. The van der Waals surface area contributed by atoms with E-state index >= 15 is 0 Å². The lowest BCUT2D eigenvalue weighted by molar-refractivity contribution is -0.149. The molecular formula is C29H37N9O8. The van der Waals surface area contributed by atoms with Crippen LogP contribution in [0.4, 0.5) is 17.5 Å². The van der Waals surface area contributed by atoms with Gasteiger partial charge in [0.05, 0.1) is 31.6 Å². The second-order valence-electron chi connectivity index (χ2n) is 10.0. The number of benzene rings is 1. The fourth-order valence-corrected chi connectivity index (χ4v) is 4.29. The molecule has 246 valence electrons. The molecule has 0 bridgehead atoms. The Morgan fingerprint density at radius 3 is 2.24 bits per heavy atom. The van der Waals surface area contributed by atoms with Crippen molar-refractivity contribution < 1.29 is 38.6 Å². The molecule has 2 atom stereocenters. The molecule has 46 heavy (non-hydrogen) atoms. The monoisotopic (exact) mass is 639 g/mol. The Balaban J connectivity index is 1.57.